The van der Waals surface area contributed by atoms with E-state index >= 15 is 0 Å². The van der Waals surface area contributed by atoms with Crippen LogP contribution in [0.3, 0.4) is 0 Å². The Morgan fingerprint density at radius 3 is 2.69 bits per heavy atom. The highest BCUT2D eigenvalue weighted by molar-refractivity contribution is 7.20. The molecule has 2 aromatic heterocycles. The molecule has 0 fully saturated rings. The highest BCUT2D eigenvalue weighted by atomic mass is 35.5. The number of carbonyl (C=O) groups is 2. The Hall–Kier alpha value is -4.02. The third kappa shape index (κ3) is 4.36. The average molecular weight is 470 g/mol. The number of carboxylic acids is 1. The summed E-state index contributed by atoms with van der Waals surface area (Å²) in [6.45, 7) is 0. The molecule has 0 aliphatic carbocycles. The molecule has 0 radical (unpaired) electrons. The summed E-state index contributed by atoms with van der Waals surface area (Å²) in [6, 6.07) is 13.7. The maximum Gasteiger partial charge on any atom is 0.337 e. The molecule has 2 heterocycles. The van der Waals surface area contributed by atoms with Crippen molar-refractivity contribution in [3.8, 4) is 11.3 Å². The first-order chi connectivity index (χ1) is 15.3. The molecular formula is C21H12ClN3O6S. The Morgan fingerprint density at radius 2 is 1.97 bits per heavy atom. The van der Waals surface area contributed by atoms with Crippen LogP contribution in [0.25, 0.3) is 21.4 Å². The lowest BCUT2D eigenvalue weighted by molar-refractivity contribution is -0.384. The fourth-order valence-corrected chi connectivity index (χ4v) is 4.08. The van der Waals surface area contributed by atoms with E-state index in [1.165, 1.54) is 41.8 Å². The van der Waals surface area contributed by atoms with Crippen molar-refractivity contribution in [1.29, 1.82) is 0 Å². The zero-order valence-corrected chi connectivity index (χ0v) is 17.5. The number of nitrogens with one attached hydrogen (secondary N) is 1. The molecule has 2 aromatic carbocycles. The molecule has 0 aliphatic rings. The van der Waals surface area contributed by atoms with E-state index < -0.39 is 16.8 Å². The van der Waals surface area contributed by atoms with Gasteiger partial charge in [0.2, 0.25) is 0 Å². The van der Waals surface area contributed by atoms with Gasteiger partial charge in [0.15, 0.2) is 0 Å². The summed E-state index contributed by atoms with van der Waals surface area (Å²) in [5, 5.41) is 24.5. The molecule has 0 unspecified atom stereocenters. The van der Waals surface area contributed by atoms with Crippen LogP contribution in [0.15, 0.2) is 64.1 Å². The predicted molar refractivity (Wildman–Crippen MR) is 120 cm³/mol. The molecule has 4 rings (SSSR count). The minimum atomic E-state index is -1.12. The summed E-state index contributed by atoms with van der Waals surface area (Å²) in [5.74, 6) is -0.789. The van der Waals surface area contributed by atoms with E-state index in [2.05, 4.69) is 10.5 Å². The number of benzene rings is 2. The van der Waals surface area contributed by atoms with Gasteiger partial charge in [0, 0.05) is 27.8 Å². The molecule has 2 N–H and O–H groups in total. The Morgan fingerprint density at radius 1 is 1.16 bits per heavy atom. The molecule has 11 heteroatoms. The summed E-state index contributed by atoms with van der Waals surface area (Å²) in [6.07, 6.45) is 1.31. The second-order valence-electron chi connectivity index (χ2n) is 6.49. The van der Waals surface area contributed by atoms with Gasteiger partial charge >= 0.3 is 5.97 Å². The van der Waals surface area contributed by atoms with Crippen molar-refractivity contribution >= 4 is 56.8 Å². The van der Waals surface area contributed by atoms with Crippen molar-refractivity contribution in [3.05, 3.63) is 85.9 Å². The molecule has 0 bridgehead atoms. The largest absolute Gasteiger partial charge is 0.478 e. The van der Waals surface area contributed by atoms with Gasteiger partial charge in [-0.05, 0) is 36.4 Å². The van der Waals surface area contributed by atoms with E-state index in [0.29, 0.717) is 27.3 Å². The SMILES string of the molecule is O=C(N/N=C\c1ccc(-c2ccc(C(=O)O)c(Cl)c2)o1)c1cc2cc([N+](=O)[O-])ccc2s1. The molecule has 0 atom stereocenters. The zero-order valence-electron chi connectivity index (χ0n) is 15.9. The van der Waals surface area contributed by atoms with Crippen LogP contribution in [-0.4, -0.2) is 28.1 Å². The number of rotatable bonds is 6. The van der Waals surface area contributed by atoms with E-state index in [1.807, 2.05) is 0 Å². The van der Waals surface area contributed by atoms with Crippen LogP contribution in [-0.2, 0) is 0 Å². The molecule has 1 amide bonds. The summed E-state index contributed by atoms with van der Waals surface area (Å²) in [7, 11) is 0. The van der Waals surface area contributed by atoms with Crippen molar-refractivity contribution in [2.45, 2.75) is 0 Å². The van der Waals surface area contributed by atoms with Gasteiger partial charge in [-0.15, -0.1) is 11.3 Å². The third-order valence-corrected chi connectivity index (χ3v) is 5.83. The van der Waals surface area contributed by atoms with Crippen molar-refractivity contribution in [2.24, 2.45) is 5.10 Å². The number of nitro groups is 1. The number of carbonyl (C=O) groups excluding carboxylic acids is 1. The minimum absolute atomic E-state index is 0.0117. The summed E-state index contributed by atoms with van der Waals surface area (Å²) in [4.78, 5) is 34.1. The molecule has 4 aromatic rings. The van der Waals surface area contributed by atoms with Crippen LogP contribution in [0.1, 0.15) is 25.8 Å². The van der Waals surface area contributed by atoms with E-state index in [-0.39, 0.29) is 16.3 Å². The number of hydrogen-bond acceptors (Lipinski definition) is 7. The van der Waals surface area contributed by atoms with Crippen molar-refractivity contribution in [3.63, 3.8) is 0 Å². The molecule has 9 nitrogen and oxygen atoms in total. The molecule has 160 valence electrons. The second kappa shape index (κ2) is 8.61. The lowest BCUT2D eigenvalue weighted by Crippen LogP contribution is -2.15. The fraction of sp³-hybridized carbons (Fsp3) is 0. The number of furan rings is 1. The van der Waals surface area contributed by atoms with Gasteiger partial charge < -0.3 is 9.52 Å². The molecule has 0 saturated heterocycles. The van der Waals surface area contributed by atoms with Crippen LogP contribution >= 0.6 is 22.9 Å². The lowest BCUT2D eigenvalue weighted by Gasteiger charge is -2.01. The maximum atomic E-state index is 12.3. The quantitative estimate of drug-likeness (QED) is 0.227. The van der Waals surface area contributed by atoms with Gasteiger partial charge in [0.05, 0.1) is 26.6 Å². The van der Waals surface area contributed by atoms with Gasteiger partial charge in [0.1, 0.15) is 11.5 Å². The van der Waals surface area contributed by atoms with Crippen LogP contribution in [0.4, 0.5) is 5.69 Å². The third-order valence-electron chi connectivity index (χ3n) is 4.40. The molecule has 32 heavy (non-hydrogen) atoms. The number of amides is 1. The van der Waals surface area contributed by atoms with Crippen LogP contribution in [0.2, 0.25) is 5.02 Å². The summed E-state index contributed by atoms with van der Waals surface area (Å²) < 4.78 is 6.37. The van der Waals surface area contributed by atoms with E-state index in [4.69, 9.17) is 21.1 Å². The van der Waals surface area contributed by atoms with Crippen LogP contribution in [0, 0.1) is 10.1 Å². The van der Waals surface area contributed by atoms with E-state index in [0.717, 1.165) is 4.70 Å². The average Bonchev–Trinajstić information content (AvgIpc) is 3.39. The Kier molecular flexibility index (Phi) is 5.71. The van der Waals surface area contributed by atoms with E-state index in [1.54, 1.807) is 30.3 Å². The number of fused-ring (bicyclic) bond motifs is 1. The number of thiophene rings is 1. The number of aromatic carboxylic acids is 1. The number of carboxylic acid groups (broad SMARTS) is 1. The number of halogens is 1. The lowest BCUT2D eigenvalue weighted by atomic mass is 10.1. The first kappa shape index (κ1) is 21.2. The van der Waals surface area contributed by atoms with Gasteiger partial charge in [-0.1, -0.05) is 17.7 Å². The minimum Gasteiger partial charge on any atom is -0.478 e. The molecule has 0 aliphatic heterocycles. The topological polar surface area (TPSA) is 135 Å². The summed E-state index contributed by atoms with van der Waals surface area (Å²) in [5.41, 5.74) is 2.91. The van der Waals surface area contributed by atoms with Crippen LogP contribution in [0.5, 0.6) is 0 Å². The second-order valence-corrected chi connectivity index (χ2v) is 7.98. The first-order valence-corrected chi connectivity index (χ1v) is 10.2. The van der Waals surface area contributed by atoms with E-state index in [9.17, 15) is 19.7 Å². The van der Waals surface area contributed by atoms with Crippen molar-refractivity contribution in [2.75, 3.05) is 0 Å². The molecule has 0 saturated carbocycles. The Labute approximate surface area is 188 Å². The monoisotopic (exact) mass is 469 g/mol. The number of hydrogen-bond donors (Lipinski definition) is 2. The van der Waals surface area contributed by atoms with Gasteiger partial charge in [-0.3, -0.25) is 14.9 Å². The van der Waals surface area contributed by atoms with Gasteiger partial charge in [0.25, 0.3) is 11.6 Å². The normalized spacial score (nSPS) is 11.2. The van der Waals surface area contributed by atoms with Crippen LogP contribution < -0.4 is 5.43 Å². The zero-order chi connectivity index (χ0) is 22.8. The number of nitro benzene ring substituents is 1. The number of nitrogens with zero attached hydrogens (tertiary/aromatic N) is 2. The maximum absolute atomic E-state index is 12.3. The van der Waals surface area contributed by atoms with Crippen molar-refractivity contribution < 1.29 is 24.0 Å². The smallest absolute Gasteiger partial charge is 0.337 e. The highest BCUT2D eigenvalue weighted by Crippen LogP contribution is 2.29. The fourth-order valence-electron chi connectivity index (χ4n) is 2.89. The predicted octanol–water partition coefficient (Wildman–Crippen LogP) is 5.19. The summed E-state index contributed by atoms with van der Waals surface area (Å²) >= 11 is 7.17. The molecule has 0 spiro atoms. The Bertz CT molecular complexity index is 1410. The number of non-ortho nitro benzene ring substituents is 1. The van der Waals surface area contributed by atoms with Gasteiger partial charge in [-0.25, -0.2) is 10.2 Å². The molecular weight excluding hydrogens is 458 g/mol. The highest BCUT2D eigenvalue weighted by Gasteiger charge is 2.14. The van der Waals surface area contributed by atoms with Gasteiger partial charge in [-0.2, -0.15) is 5.10 Å². The first-order valence-electron chi connectivity index (χ1n) is 8.96. The number of hydrazone groups is 1. The Balaban J connectivity index is 1.44. The standard InChI is InChI=1S/C21H12ClN3O6S/c22-16-8-11(1-4-15(16)21(27)28)17-5-3-14(31-17)10-23-24-20(26)19-9-12-7-13(25(29)30)2-6-18(12)32-19/h1-10H,(H,24,26)(H,27,28)/b23-10-. The van der Waals surface area contributed by atoms with Crippen molar-refractivity contribution in [1.82, 2.24) is 5.43 Å².